The largest absolute Gasteiger partial charge is 0.504 e. The monoisotopic (exact) mass is 355 g/mol. The Labute approximate surface area is 153 Å². The summed E-state index contributed by atoms with van der Waals surface area (Å²) in [7, 11) is 2.04. The molecule has 138 valence electrons. The Hall–Kier alpha value is -1.85. The van der Waals surface area contributed by atoms with E-state index in [9.17, 15) is 15.0 Å². The average molecular weight is 355 g/mol. The lowest BCUT2D eigenvalue weighted by Crippen LogP contribution is -2.77. The van der Waals surface area contributed by atoms with Gasteiger partial charge in [-0.2, -0.15) is 0 Å². The van der Waals surface area contributed by atoms with Crippen molar-refractivity contribution in [2.75, 3.05) is 13.6 Å². The van der Waals surface area contributed by atoms with Gasteiger partial charge < -0.3 is 14.9 Å². The van der Waals surface area contributed by atoms with E-state index >= 15 is 0 Å². The molecule has 0 amide bonds. The molecule has 2 heterocycles. The van der Waals surface area contributed by atoms with E-state index in [0.29, 0.717) is 18.6 Å². The van der Waals surface area contributed by atoms with Crippen LogP contribution in [0.15, 0.2) is 23.8 Å². The van der Waals surface area contributed by atoms with Crippen molar-refractivity contribution in [3.63, 3.8) is 0 Å². The molecule has 0 saturated carbocycles. The Morgan fingerprint density at radius 2 is 2.04 bits per heavy atom. The van der Waals surface area contributed by atoms with E-state index in [1.807, 2.05) is 33.9 Å². The molecule has 2 aliphatic heterocycles. The Morgan fingerprint density at radius 1 is 1.31 bits per heavy atom. The number of hydrogen-bond donors (Lipinski definition) is 2. The van der Waals surface area contributed by atoms with E-state index in [1.54, 1.807) is 12.1 Å². The first kappa shape index (κ1) is 16.3. The van der Waals surface area contributed by atoms with Crippen LogP contribution in [0.2, 0.25) is 0 Å². The first-order chi connectivity index (χ1) is 12.1. The number of ketones is 1. The van der Waals surface area contributed by atoms with E-state index in [0.717, 1.165) is 23.2 Å². The van der Waals surface area contributed by atoms with Crippen LogP contribution in [0.3, 0.4) is 0 Å². The van der Waals surface area contributed by atoms with Gasteiger partial charge in [0.1, 0.15) is 5.60 Å². The number of phenols is 1. The highest BCUT2D eigenvalue weighted by Crippen LogP contribution is 2.66. The maximum Gasteiger partial charge on any atom is 0.197 e. The fourth-order valence-corrected chi connectivity index (χ4v) is 6.05. The number of phenolic OH excluding ortho intramolecular Hbond substituents is 1. The second kappa shape index (κ2) is 4.52. The topological polar surface area (TPSA) is 70.0 Å². The van der Waals surface area contributed by atoms with Crippen LogP contribution in [0.4, 0.5) is 0 Å². The maximum atomic E-state index is 13.1. The SMILES string of the molecule is CN1CC[C@]23c4c5ccc(O)c4O[C@H]2C(=O)C=C(C(C)(C)C)[C@@]3(O)C1C5. The molecule has 26 heavy (non-hydrogen) atoms. The first-order valence-corrected chi connectivity index (χ1v) is 9.33. The van der Waals surface area contributed by atoms with Crippen LogP contribution in [0.1, 0.15) is 38.3 Å². The standard InChI is InChI=1S/C21H25NO4/c1-19(2,3)14-10-13(24)18-20-7-8-22(4)15(21(14,20)25)9-11-5-6-12(23)17(26-18)16(11)20/h5-6,10,15,18,23,25H,7-9H2,1-4H3/t15?,18-,20-,21+/m0/s1. The van der Waals surface area contributed by atoms with Gasteiger partial charge in [-0.15, -0.1) is 0 Å². The molecule has 2 N–H and O–H groups in total. The van der Waals surface area contributed by atoms with E-state index in [-0.39, 0.29) is 23.0 Å². The highest BCUT2D eigenvalue weighted by atomic mass is 16.5. The third kappa shape index (κ3) is 1.54. The molecule has 1 fully saturated rings. The maximum absolute atomic E-state index is 13.1. The summed E-state index contributed by atoms with van der Waals surface area (Å²) in [4.78, 5) is 15.3. The van der Waals surface area contributed by atoms with Gasteiger partial charge in [-0.3, -0.25) is 9.69 Å². The summed E-state index contributed by atoms with van der Waals surface area (Å²) in [5.74, 6) is 0.342. The van der Waals surface area contributed by atoms with Gasteiger partial charge in [-0.1, -0.05) is 26.8 Å². The Morgan fingerprint density at radius 3 is 2.73 bits per heavy atom. The molecule has 0 aromatic heterocycles. The normalized spacial score (nSPS) is 37.9. The number of carbonyl (C=O) groups is 1. The third-order valence-corrected chi connectivity index (χ3v) is 7.08. The Bertz CT molecular complexity index is 883. The quantitative estimate of drug-likeness (QED) is 0.744. The van der Waals surface area contributed by atoms with E-state index in [2.05, 4.69) is 4.90 Å². The number of aromatic hydroxyl groups is 1. The van der Waals surface area contributed by atoms with Crippen molar-refractivity contribution in [2.45, 2.75) is 56.8 Å². The van der Waals surface area contributed by atoms with E-state index in [1.165, 1.54) is 0 Å². The van der Waals surface area contributed by atoms with Gasteiger partial charge in [-0.25, -0.2) is 0 Å². The van der Waals surface area contributed by atoms with Gasteiger partial charge in [-0.05, 0) is 55.1 Å². The number of likely N-dealkylation sites (tertiary alicyclic amines) is 1. The second-order valence-electron chi connectivity index (χ2n) is 9.34. The lowest BCUT2D eigenvalue weighted by molar-refractivity contribution is -0.160. The number of hydrogen-bond acceptors (Lipinski definition) is 5. The molecule has 5 heteroatoms. The fraction of sp³-hybridized carbons (Fsp3) is 0.571. The van der Waals surface area contributed by atoms with Crippen molar-refractivity contribution in [1.82, 2.24) is 4.90 Å². The Kier molecular flexibility index (Phi) is 2.84. The molecular formula is C21H25NO4. The van der Waals surface area contributed by atoms with Crippen LogP contribution >= 0.6 is 0 Å². The molecule has 1 unspecified atom stereocenters. The van der Waals surface area contributed by atoms with Crippen LogP contribution in [0, 0.1) is 5.41 Å². The molecular weight excluding hydrogens is 330 g/mol. The van der Waals surface area contributed by atoms with E-state index < -0.39 is 17.1 Å². The van der Waals surface area contributed by atoms with Crippen molar-refractivity contribution in [2.24, 2.45) is 5.41 Å². The van der Waals surface area contributed by atoms with Crippen LogP contribution in [-0.2, 0) is 16.6 Å². The number of carbonyl (C=O) groups excluding carboxylic acids is 1. The zero-order valence-electron chi connectivity index (χ0n) is 15.7. The van der Waals surface area contributed by atoms with Crippen molar-refractivity contribution in [1.29, 1.82) is 0 Å². The molecule has 1 aromatic carbocycles. The summed E-state index contributed by atoms with van der Waals surface area (Å²) in [6, 6.07) is 3.45. The van der Waals surface area contributed by atoms with Gasteiger partial charge in [0.25, 0.3) is 0 Å². The molecule has 4 aliphatic rings. The van der Waals surface area contributed by atoms with Crippen molar-refractivity contribution in [3.05, 3.63) is 34.9 Å². The number of piperidine rings is 1. The molecule has 5 rings (SSSR count). The predicted octanol–water partition coefficient (Wildman–Crippen LogP) is 1.94. The summed E-state index contributed by atoms with van der Waals surface area (Å²) in [6.45, 7) is 6.93. The van der Waals surface area contributed by atoms with Gasteiger partial charge in [0, 0.05) is 11.6 Å². The minimum Gasteiger partial charge on any atom is -0.504 e. The van der Waals surface area contributed by atoms with Crippen LogP contribution in [-0.4, -0.2) is 52.2 Å². The summed E-state index contributed by atoms with van der Waals surface area (Å²) in [5, 5.41) is 22.8. The average Bonchev–Trinajstić information content (AvgIpc) is 2.91. The summed E-state index contributed by atoms with van der Waals surface area (Å²) >= 11 is 0. The van der Waals surface area contributed by atoms with Gasteiger partial charge in [0.2, 0.25) is 0 Å². The highest BCUT2D eigenvalue weighted by Gasteiger charge is 2.74. The smallest absolute Gasteiger partial charge is 0.197 e. The first-order valence-electron chi connectivity index (χ1n) is 9.33. The Balaban J connectivity index is 1.91. The van der Waals surface area contributed by atoms with Crippen LogP contribution < -0.4 is 4.74 Å². The summed E-state index contributed by atoms with van der Waals surface area (Å²) in [6.07, 6.45) is 2.15. The third-order valence-electron chi connectivity index (χ3n) is 7.08. The zero-order valence-corrected chi connectivity index (χ0v) is 15.7. The van der Waals surface area contributed by atoms with Gasteiger partial charge >= 0.3 is 0 Å². The molecule has 1 spiro atoms. The lowest BCUT2D eigenvalue weighted by atomic mass is 9.46. The minimum absolute atomic E-state index is 0.0531. The summed E-state index contributed by atoms with van der Waals surface area (Å²) < 4.78 is 6.06. The van der Waals surface area contributed by atoms with Crippen molar-refractivity contribution in [3.8, 4) is 11.5 Å². The van der Waals surface area contributed by atoms with Gasteiger partial charge in [0.15, 0.2) is 23.4 Å². The van der Waals surface area contributed by atoms with Crippen LogP contribution in [0.25, 0.3) is 0 Å². The second-order valence-corrected chi connectivity index (χ2v) is 9.34. The summed E-state index contributed by atoms with van der Waals surface area (Å²) in [5.41, 5.74) is 0.356. The van der Waals surface area contributed by atoms with Crippen molar-refractivity contribution >= 4 is 5.78 Å². The predicted molar refractivity (Wildman–Crippen MR) is 96.4 cm³/mol. The molecule has 4 atom stereocenters. The van der Waals surface area contributed by atoms with Crippen LogP contribution in [0.5, 0.6) is 11.5 Å². The highest BCUT2D eigenvalue weighted by molar-refractivity contribution is 6.00. The van der Waals surface area contributed by atoms with Crippen molar-refractivity contribution < 1.29 is 19.7 Å². The van der Waals surface area contributed by atoms with E-state index in [4.69, 9.17) is 4.74 Å². The molecule has 2 aliphatic carbocycles. The number of nitrogens with zero attached hydrogens (tertiary/aromatic N) is 1. The molecule has 1 aromatic rings. The molecule has 1 saturated heterocycles. The minimum atomic E-state index is -1.19. The number of ether oxygens (including phenoxy) is 1. The molecule has 5 nitrogen and oxygen atoms in total. The lowest BCUT2D eigenvalue weighted by Gasteiger charge is -2.63. The number of rotatable bonds is 0. The number of benzene rings is 1. The number of likely N-dealkylation sites (N-methyl/N-ethyl adjacent to an activating group) is 1. The zero-order chi connectivity index (χ0) is 18.6. The van der Waals surface area contributed by atoms with Gasteiger partial charge in [0.05, 0.1) is 5.41 Å². The molecule has 0 radical (unpaired) electrons. The molecule has 2 bridgehead atoms. The number of aliphatic hydroxyl groups is 1. The fourth-order valence-electron chi connectivity index (χ4n) is 6.05.